The average molecular weight is 255 g/mol. The van der Waals surface area contributed by atoms with E-state index in [-0.39, 0.29) is 23.7 Å². The van der Waals surface area contributed by atoms with Crippen molar-refractivity contribution in [2.45, 2.75) is 32.1 Å². The molecule has 102 valence electrons. The van der Waals surface area contributed by atoms with Gasteiger partial charge in [0.15, 0.2) is 0 Å². The second-order valence-electron chi connectivity index (χ2n) is 5.29. The molecule has 1 amide bonds. The summed E-state index contributed by atoms with van der Waals surface area (Å²) in [5, 5.41) is 12.0. The fraction of sp³-hybridized carbons (Fsp3) is 0.846. The number of carbonyl (C=O) groups is 2. The first-order valence-corrected chi connectivity index (χ1v) is 6.76. The lowest BCUT2D eigenvalue weighted by Gasteiger charge is -2.23. The molecule has 0 bridgehead atoms. The van der Waals surface area contributed by atoms with E-state index in [9.17, 15) is 9.59 Å². The molecule has 1 aliphatic heterocycles. The van der Waals surface area contributed by atoms with E-state index in [1.165, 1.54) is 0 Å². The number of amides is 1. The number of rotatable bonds is 4. The smallest absolute Gasteiger partial charge is 0.306 e. The van der Waals surface area contributed by atoms with Crippen molar-refractivity contribution in [2.75, 3.05) is 19.8 Å². The van der Waals surface area contributed by atoms with Gasteiger partial charge in [0.2, 0.25) is 5.91 Å². The van der Waals surface area contributed by atoms with Crippen LogP contribution >= 0.6 is 0 Å². The Hall–Kier alpha value is -1.10. The fourth-order valence-corrected chi connectivity index (χ4v) is 2.93. The Morgan fingerprint density at radius 3 is 2.72 bits per heavy atom. The maximum absolute atomic E-state index is 11.9. The molecule has 0 radical (unpaired) electrons. The third-order valence-corrected chi connectivity index (χ3v) is 4.05. The highest BCUT2D eigenvalue weighted by Crippen LogP contribution is 2.31. The van der Waals surface area contributed by atoms with Crippen molar-refractivity contribution in [2.24, 2.45) is 17.8 Å². The van der Waals surface area contributed by atoms with Crippen LogP contribution in [0.1, 0.15) is 32.1 Å². The number of carbonyl (C=O) groups excluding carboxylic acids is 1. The van der Waals surface area contributed by atoms with Crippen LogP contribution in [0, 0.1) is 17.8 Å². The molecule has 1 aliphatic carbocycles. The quantitative estimate of drug-likeness (QED) is 0.786. The van der Waals surface area contributed by atoms with Gasteiger partial charge in [0, 0.05) is 13.2 Å². The van der Waals surface area contributed by atoms with E-state index in [1.54, 1.807) is 0 Å². The second-order valence-corrected chi connectivity index (χ2v) is 5.29. The Morgan fingerprint density at radius 1 is 1.22 bits per heavy atom. The molecule has 18 heavy (non-hydrogen) atoms. The number of carboxylic acids is 1. The zero-order valence-electron chi connectivity index (χ0n) is 10.6. The summed E-state index contributed by atoms with van der Waals surface area (Å²) >= 11 is 0. The summed E-state index contributed by atoms with van der Waals surface area (Å²) in [7, 11) is 0. The molecule has 3 unspecified atom stereocenters. The lowest BCUT2D eigenvalue weighted by Crippen LogP contribution is -2.39. The number of hydrogen-bond donors (Lipinski definition) is 2. The van der Waals surface area contributed by atoms with Gasteiger partial charge >= 0.3 is 5.97 Å². The zero-order valence-corrected chi connectivity index (χ0v) is 10.6. The summed E-state index contributed by atoms with van der Waals surface area (Å²) in [6.45, 7) is 1.73. The highest BCUT2D eigenvalue weighted by molar-refractivity contribution is 5.79. The van der Waals surface area contributed by atoms with Gasteiger partial charge in [-0.15, -0.1) is 0 Å². The Kier molecular flexibility index (Phi) is 4.58. The van der Waals surface area contributed by atoms with E-state index in [0.29, 0.717) is 13.2 Å². The molecule has 1 heterocycles. The molecule has 0 aromatic rings. The summed E-state index contributed by atoms with van der Waals surface area (Å²) < 4.78 is 5.28. The van der Waals surface area contributed by atoms with Crippen LogP contribution in [-0.4, -0.2) is 36.7 Å². The van der Waals surface area contributed by atoms with Crippen LogP contribution in [0.25, 0.3) is 0 Å². The van der Waals surface area contributed by atoms with Gasteiger partial charge in [0.1, 0.15) is 0 Å². The molecule has 3 atom stereocenters. The molecule has 2 N–H and O–H groups in total. The lowest BCUT2D eigenvalue weighted by atomic mass is 9.95. The summed E-state index contributed by atoms with van der Waals surface area (Å²) in [6.07, 6.45) is 4.39. The van der Waals surface area contributed by atoms with Gasteiger partial charge in [-0.1, -0.05) is 6.42 Å². The Morgan fingerprint density at radius 2 is 2.06 bits per heavy atom. The lowest BCUT2D eigenvalue weighted by molar-refractivity contribution is -0.143. The predicted octanol–water partition coefficient (Wildman–Crippen LogP) is 1.03. The molecule has 1 saturated heterocycles. The monoisotopic (exact) mass is 255 g/mol. The standard InChI is InChI=1S/C13H21NO4/c15-12(10-4-2-6-18-8-10)14-7-9-3-1-5-11(9)13(16)17/h9-11H,1-8H2,(H,14,15)(H,16,17). The molecular formula is C13H21NO4. The molecule has 0 spiro atoms. The van der Waals surface area contributed by atoms with Gasteiger partial charge in [-0.2, -0.15) is 0 Å². The number of aliphatic carboxylic acids is 1. The van der Waals surface area contributed by atoms with E-state index < -0.39 is 5.97 Å². The zero-order chi connectivity index (χ0) is 13.0. The normalized spacial score (nSPS) is 32.1. The van der Waals surface area contributed by atoms with Crippen LogP contribution in [0.2, 0.25) is 0 Å². The minimum absolute atomic E-state index is 0.0192. The summed E-state index contributed by atoms with van der Waals surface area (Å²) in [5.41, 5.74) is 0. The van der Waals surface area contributed by atoms with E-state index >= 15 is 0 Å². The van der Waals surface area contributed by atoms with Crippen LogP contribution in [0.15, 0.2) is 0 Å². The first kappa shape index (κ1) is 13.3. The van der Waals surface area contributed by atoms with Gasteiger partial charge in [-0.05, 0) is 31.6 Å². The Labute approximate surface area is 107 Å². The van der Waals surface area contributed by atoms with Crippen molar-refractivity contribution >= 4 is 11.9 Å². The fourth-order valence-electron chi connectivity index (χ4n) is 2.93. The van der Waals surface area contributed by atoms with Crippen molar-refractivity contribution < 1.29 is 19.4 Å². The molecule has 2 aliphatic rings. The van der Waals surface area contributed by atoms with Gasteiger partial charge in [0.05, 0.1) is 18.4 Å². The third kappa shape index (κ3) is 3.22. The molecule has 0 aromatic carbocycles. The number of hydrogen-bond acceptors (Lipinski definition) is 3. The minimum atomic E-state index is -0.729. The maximum Gasteiger partial charge on any atom is 0.306 e. The van der Waals surface area contributed by atoms with Crippen LogP contribution in [0.5, 0.6) is 0 Å². The first-order valence-electron chi connectivity index (χ1n) is 6.76. The van der Waals surface area contributed by atoms with E-state index in [4.69, 9.17) is 9.84 Å². The van der Waals surface area contributed by atoms with Gasteiger partial charge in [-0.25, -0.2) is 0 Å². The largest absolute Gasteiger partial charge is 0.481 e. The van der Waals surface area contributed by atoms with E-state index in [0.717, 1.165) is 38.7 Å². The third-order valence-electron chi connectivity index (χ3n) is 4.05. The SMILES string of the molecule is O=C(NCC1CCCC1C(=O)O)C1CCCOC1. The summed E-state index contributed by atoms with van der Waals surface area (Å²) in [4.78, 5) is 22.9. The van der Waals surface area contributed by atoms with E-state index in [2.05, 4.69) is 5.32 Å². The van der Waals surface area contributed by atoms with Crippen molar-refractivity contribution in [3.05, 3.63) is 0 Å². The second kappa shape index (κ2) is 6.18. The number of carboxylic acid groups (broad SMARTS) is 1. The van der Waals surface area contributed by atoms with Gasteiger partial charge in [-0.3, -0.25) is 9.59 Å². The maximum atomic E-state index is 11.9. The summed E-state index contributed by atoms with van der Waals surface area (Å²) in [6, 6.07) is 0. The highest BCUT2D eigenvalue weighted by atomic mass is 16.5. The highest BCUT2D eigenvalue weighted by Gasteiger charge is 2.33. The van der Waals surface area contributed by atoms with Crippen LogP contribution in [0.4, 0.5) is 0 Å². The molecule has 2 rings (SSSR count). The molecule has 5 nitrogen and oxygen atoms in total. The molecule has 5 heteroatoms. The molecule has 2 fully saturated rings. The van der Waals surface area contributed by atoms with Crippen LogP contribution in [-0.2, 0) is 14.3 Å². The first-order chi connectivity index (χ1) is 8.68. The van der Waals surface area contributed by atoms with Crippen LogP contribution in [0.3, 0.4) is 0 Å². The molecular weight excluding hydrogens is 234 g/mol. The van der Waals surface area contributed by atoms with Gasteiger partial charge in [0.25, 0.3) is 0 Å². The van der Waals surface area contributed by atoms with Gasteiger partial charge < -0.3 is 15.2 Å². The van der Waals surface area contributed by atoms with Crippen molar-refractivity contribution in [3.8, 4) is 0 Å². The topological polar surface area (TPSA) is 75.6 Å². The number of nitrogens with one attached hydrogen (secondary N) is 1. The number of ether oxygens (including phenoxy) is 1. The Bertz CT molecular complexity index is 312. The molecule has 1 saturated carbocycles. The predicted molar refractivity (Wildman–Crippen MR) is 65.0 cm³/mol. The van der Waals surface area contributed by atoms with Crippen molar-refractivity contribution in [1.29, 1.82) is 0 Å². The minimum Gasteiger partial charge on any atom is -0.481 e. The van der Waals surface area contributed by atoms with Crippen molar-refractivity contribution in [3.63, 3.8) is 0 Å². The molecule has 0 aromatic heterocycles. The van der Waals surface area contributed by atoms with Crippen molar-refractivity contribution in [1.82, 2.24) is 5.32 Å². The van der Waals surface area contributed by atoms with Crippen LogP contribution < -0.4 is 5.32 Å². The van der Waals surface area contributed by atoms with E-state index in [1.807, 2.05) is 0 Å². The Balaban J connectivity index is 1.76. The summed E-state index contributed by atoms with van der Waals surface area (Å²) in [5.74, 6) is -0.953. The average Bonchev–Trinajstić information content (AvgIpc) is 2.85.